The van der Waals surface area contributed by atoms with Crippen molar-refractivity contribution in [3.63, 3.8) is 0 Å². The number of rotatable bonds is 22. The van der Waals surface area contributed by atoms with Gasteiger partial charge < -0.3 is 16.6 Å². The molecule has 0 aromatic rings. The van der Waals surface area contributed by atoms with E-state index in [1.54, 1.807) is 0 Å². The van der Waals surface area contributed by atoms with Crippen molar-refractivity contribution in [2.45, 2.75) is 129 Å². The number of hydrogen-bond acceptors (Lipinski definition) is 4. The zero-order chi connectivity index (χ0) is 20.5. The van der Waals surface area contributed by atoms with E-state index in [2.05, 4.69) is 19.1 Å². The van der Waals surface area contributed by atoms with Gasteiger partial charge in [0.05, 0.1) is 6.61 Å². The lowest BCUT2D eigenvalue weighted by molar-refractivity contribution is -0.143. The predicted octanol–water partition coefficient (Wildman–Crippen LogP) is 7.64. The predicted molar refractivity (Wildman–Crippen MR) is 128 cm³/mol. The smallest absolute Gasteiger partial charge is 0.305 e. The van der Waals surface area contributed by atoms with Crippen molar-refractivity contribution in [1.29, 1.82) is 0 Å². The Bertz CT molecular complexity index is 346. The number of hydrogen-bond donors (Lipinski definition) is 2. The highest BCUT2D eigenvalue weighted by molar-refractivity contribution is 5.69. The van der Waals surface area contributed by atoms with Gasteiger partial charge in [-0.25, -0.2) is 0 Å². The first-order chi connectivity index (χ1) is 13.8. The van der Waals surface area contributed by atoms with Gasteiger partial charge in [-0.1, -0.05) is 96.1 Å². The molecule has 29 heavy (non-hydrogen) atoms. The van der Waals surface area contributed by atoms with Crippen LogP contribution < -0.4 is 11.9 Å². The van der Waals surface area contributed by atoms with Crippen LogP contribution in [0.15, 0.2) is 12.2 Å². The first-order valence-electron chi connectivity index (χ1n) is 12.3. The minimum atomic E-state index is -0.0607. The molecule has 0 unspecified atom stereocenters. The lowest BCUT2D eigenvalue weighted by atomic mass is 10.1. The van der Waals surface area contributed by atoms with Crippen molar-refractivity contribution in [3.05, 3.63) is 12.2 Å². The molecule has 0 aliphatic heterocycles. The standard InChI is InChI=1S/C25H49NO2.H3N/c1-2-3-4-5-6-7-8-9-10-11-12-13-14-15-16-17-18-19-20-22-25(27)28-24-21-23-26;/h9-10H,2-8,11-24,26H2,1H3;1H3/b10-9-;. The molecule has 4 nitrogen and oxygen atoms in total. The maximum absolute atomic E-state index is 11.4. The first kappa shape index (κ1) is 30.3. The van der Waals surface area contributed by atoms with Crippen LogP contribution in [0.1, 0.15) is 129 Å². The molecule has 0 aromatic heterocycles. The van der Waals surface area contributed by atoms with E-state index < -0.39 is 0 Å². The highest BCUT2D eigenvalue weighted by Gasteiger charge is 2.01. The highest BCUT2D eigenvalue weighted by Crippen LogP contribution is 2.12. The maximum atomic E-state index is 11.4. The summed E-state index contributed by atoms with van der Waals surface area (Å²) in [6.07, 6.45) is 28.5. The summed E-state index contributed by atoms with van der Waals surface area (Å²) in [6.45, 7) is 3.34. The number of allylic oxidation sites excluding steroid dienone is 2. The molecule has 0 aliphatic carbocycles. The maximum Gasteiger partial charge on any atom is 0.305 e. The van der Waals surface area contributed by atoms with E-state index in [0.717, 1.165) is 19.3 Å². The average molecular weight is 413 g/mol. The first-order valence-corrected chi connectivity index (χ1v) is 12.3. The van der Waals surface area contributed by atoms with Gasteiger partial charge in [-0.15, -0.1) is 0 Å². The SMILES string of the molecule is CCCCCCCC/C=C\CCCCCCCCCCCC(=O)OCCCN.N. The van der Waals surface area contributed by atoms with Gasteiger partial charge in [-0.2, -0.15) is 0 Å². The molecule has 0 spiro atoms. The normalized spacial score (nSPS) is 11.0. The molecule has 0 fully saturated rings. The monoisotopic (exact) mass is 412 g/mol. The zero-order valence-electron chi connectivity index (χ0n) is 19.6. The Hall–Kier alpha value is -0.870. The Morgan fingerprint density at radius 1 is 0.690 bits per heavy atom. The fraction of sp³-hybridized carbons (Fsp3) is 0.880. The third-order valence-corrected chi connectivity index (χ3v) is 5.25. The van der Waals surface area contributed by atoms with Crippen LogP contribution in [0.4, 0.5) is 0 Å². The Kier molecular flexibility index (Phi) is 28.4. The second-order valence-corrected chi connectivity index (χ2v) is 8.11. The molecule has 0 rings (SSSR count). The topological polar surface area (TPSA) is 87.3 Å². The van der Waals surface area contributed by atoms with Gasteiger partial charge >= 0.3 is 5.97 Å². The summed E-state index contributed by atoms with van der Waals surface area (Å²) in [7, 11) is 0. The van der Waals surface area contributed by atoms with E-state index in [-0.39, 0.29) is 12.1 Å². The Morgan fingerprint density at radius 2 is 1.14 bits per heavy atom. The minimum absolute atomic E-state index is 0. The van der Waals surface area contributed by atoms with Crippen molar-refractivity contribution in [2.24, 2.45) is 5.73 Å². The minimum Gasteiger partial charge on any atom is -0.466 e. The molecular formula is C25H52N2O2. The Balaban J connectivity index is 0. The quantitative estimate of drug-likeness (QED) is 0.109. The molecule has 0 atom stereocenters. The lowest BCUT2D eigenvalue weighted by Gasteiger charge is -2.04. The number of nitrogens with two attached hydrogens (primary N) is 1. The number of unbranched alkanes of at least 4 members (excludes halogenated alkanes) is 15. The van der Waals surface area contributed by atoms with Gasteiger partial charge in [0.25, 0.3) is 0 Å². The summed E-state index contributed by atoms with van der Waals surface area (Å²) in [6, 6.07) is 0. The van der Waals surface area contributed by atoms with Crippen LogP contribution in [0, 0.1) is 0 Å². The van der Waals surface area contributed by atoms with E-state index in [4.69, 9.17) is 10.5 Å². The fourth-order valence-corrected chi connectivity index (χ4v) is 3.39. The van der Waals surface area contributed by atoms with E-state index in [9.17, 15) is 4.79 Å². The molecule has 4 heteroatoms. The van der Waals surface area contributed by atoms with Gasteiger partial charge in [-0.3, -0.25) is 4.79 Å². The lowest BCUT2D eigenvalue weighted by Crippen LogP contribution is -2.09. The second-order valence-electron chi connectivity index (χ2n) is 8.11. The number of esters is 1. The molecule has 0 bridgehead atoms. The van der Waals surface area contributed by atoms with E-state index in [0.29, 0.717) is 19.6 Å². The molecule has 0 amide bonds. The highest BCUT2D eigenvalue weighted by atomic mass is 16.5. The summed E-state index contributed by atoms with van der Waals surface area (Å²) in [5.74, 6) is -0.0607. The number of carbonyl (C=O) groups excluding carboxylic acids is 1. The molecule has 0 saturated heterocycles. The molecular weight excluding hydrogens is 360 g/mol. The molecule has 0 radical (unpaired) electrons. The zero-order valence-corrected chi connectivity index (χ0v) is 19.6. The molecule has 5 N–H and O–H groups in total. The van der Waals surface area contributed by atoms with Gasteiger partial charge in [0.1, 0.15) is 0 Å². The van der Waals surface area contributed by atoms with Gasteiger partial charge in [-0.05, 0) is 45.1 Å². The Morgan fingerprint density at radius 3 is 1.62 bits per heavy atom. The van der Waals surface area contributed by atoms with Crippen LogP contribution >= 0.6 is 0 Å². The fourth-order valence-electron chi connectivity index (χ4n) is 3.39. The third kappa shape index (κ3) is 27.1. The van der Waals surface area contributed by atoms with Crippen LogP contribution in [-0.2, 0) is 9.53 Å². The summed E-state index contributed by atoms with van der Waals surface area (Å²) in [5.41, 5.74) is 5.37. The van der Waals surface area contributed by atoms with Crippen molar-refractivity contribution >= 4 is 5.97 Å². The van der Waals surface area contributed by atoms with Crippen LogP contribution in [0.25, 0.3) is 0 Å². The van der Waals surface area contributed by atoms with Crippen LogP contribution in [-0.4, -0.2) is 19.1 Å². The van der Waals surface area contributed by atoms with Crippen molar-refractivity contribution in [3.8, 4) is 0 Å². The number of ether oxygens (including phenoxy) is 1. The van der Waals surface area contributed by atoms with Crippen LogP contribution in [0.5, 0.6) is 0 Å². The van der Waals surface area contributed by atoms with Gasteiger partial charge in [0.15, 0.2) is 0 Å². The van der Waals surface area contributed by atoms with E-state index in [1.807, 2.05) is 0 Å². The molecule has 0 aliphatic rings. The Labute approximate surface area is 182 Å². The third-order valence-electron chi connectivity index (χ3n) is 5.25. The second kappa shape index (κ2) is 27.1. The summed E-state index contributed by atoms with van der Waals surface area (Å²) >= 11 is 0. The van der Waals surface area contributed by atoms with E-state index in [1.165, 1.54) is 96.3 Å². The van der Waals surface area contributed by atoms with E-state index >= 15 is 0 Å². The van der Waals surface area contributed by atoms with Crippen molar-refractivity contribution < 1.29 is 9.53 Å². The van der Waals surface area contributed by atoms with Gasteiger partial charge in [0.2, 0.25) is 0 Å². The number of carbonyl (C=O) groups is 1. The van der Waals surface area contributed by atoms with Crippen LogP contribution in [0.3, 0.4) is 0 Å². The molecule has 0 saturated carbocycles. The molecule has 174 valence electrons. The molecule has 0 aromatic carbocycles. The van der Waals surface area contributed by atoms with Crippen molar-refractivity contribution in [2.75, 3.05) is 13.2 Å². The summed E-state index contributed by atoms with van der Waals surface area (Å²) in [4.78, 5) is 11.4. The van der Waals surface area contributed by atoms with Gasteiger partial charge in [0, 0.05) is 6.42 Å². The largest absolute Gasteiger partial charge is 0.466 e. The summed E-state index contributed by atoms with van der Waals surface area (Å²) < 4.78 is 5.10. The summed E-state index contributed by atoms with van der Waals surface area (Å²) in [5, 5.41) is 0. The van der Waals surface area contributed by atoms with Crippen molar-refractivity contribution in [1.82, 2.24) is 6.15 Å². The van der Waals surface area contributed by atoms with Crippen LogP contribution in [0.2, 0.25) is 0 Å². The molecule has 0 heterocycles. The average Bonchev–Trinajstić information content (AvgIpc) is 2.70.